The van der Waals surface area contributed by atoms with Crippen LogP contribution in [0.4, 0.5) is 10.1 Å². The van der Waals surface area contributed by atoms with Crippen molar-refractivity contribution in [1.82, 2.24) is 0 Å². The van der Waals surface area contributed by atoms with E-state index in [-0.39, 0.29) is 5.82 Å². The first-order valence-electron chi connectivity index (χ1n) is 8.01. The van der Waals surface area contributed by atoms with Crippen LogP contribution in [0, 0.1) is 17.2 Å². The minimum absolute atomic E-state index is 0.220. The molecule has 0 radical (unpaired) electrons. The van der Waals surface area contributed by atoms with Crippen molar-refractivity contribution in [2.24, 2.45) is 11.3 Å². The molecule has 21 heavy (non-hydrogen) atoms. The maximum absolute atomic E-state index is 14.3. The predicted octanol–water partition coefficient (Wildman–Crippen LogP) is 4.53. The molecule has 1 aliphatic rings. The van der Waals surface area contributed by atoms with Crippen LogP contribution in [0.5, 0.6) is 0 Å². The summed E-state index contributed by atoms with van der Waals surface area (Å²) in [5, 5.41) is 9.54. The van der Waals surface area contributed by atoms with Crippen LogP contribution in [-0.2, 0) is 0 Å². The van der Waals surface area contributed by atoms with Crippen molar-refractivity contribution in [2.45, 2.75) is 53.1 Å². The van der Waals surface area contributed by atoms with Gasteiger partial charge in [-0.15, -0.1) is 0 Å². The van der Waals surface area contributed by atoms with Gasteiger partial charge in [-0.05, 0) is 55.2 Å². The zero-order valence-corrected chi connectivity index (χ0v) is 13.7. The molecule has 1 aromatic carbocycles. The number of nitrogens with zero attached hydrogens (tertiary/aromatic N) is 1. The van der Waals surface area contributed by atoms with Crippen LogP contribution in [-0.4, -0.2) is 18.2 Å². The Morgan fingerprint density at radius 1 is 1.24 bits per heavy atom. The molecular formula is C18H28FNO. The normalized spacial score (nSPS) is 22.0. The van der Waals surface area contributed by atoms with Gasteiger partial charge in [0.05, 0.1) is 11.8 Å². The fourth-order valence-electron chi connectivity index (χ4n) is 3.24. The number of halogens is 1. The molecule has 2 rings (SSSR count). The van der Waals surface area contributed by atoms with Gasteiger partial charge in [0, 0.05) is 13.1 Å². The fraction of sp³-hybridized carbons (Fsp3) is 0.667. The molecule has 1 unspecified atom stereocenters. The molecule has 0 bridgehead atoms. The van der Waals surface area contributed by atoms with E-state index >= 15 is 0 Å². The summed E-state index contributed by atoms with van der Waals surface area (Å²) in [5.41, 5.74) is 1.64. The third-order valence-corrected chi connectivity index (χ3v) is 4.75. The number of aliphatic hydroxyl groups is 1. The van der Waals surface area contributed by atoms with E-state index in [2.05, 4.69) is 25.7 Å². The van der Waals surface area contributed by atoms with Crippen molar-refractivity contribution in [3.8, 4) is 0 Å². The highest BCUT2D eigenvalue weighted by atomic mass is 19.1. The van der Waals surface area contributed by atoms with Crippen LogP contribution < -0.4 is 4.90 Å². The highest BCUT2D eigenvalue weighted by Gasteiger charge is 2.27. The number of hydrogen-bond donors (Lipinski definition) is 1. The van der Waals surface area contributed by atoms with Crippen LogP contribution in [0.3, 0.4) is 0 Å². The first-order valence-corrected chi connectivity index (χ1v) is 8.01. The first kappa shape index (κ1) is 16.3. The zero-order valence-electron chi connectivity index (χ0n) is 13.7. The summed E-state index contributed by atoms with van der Waals surface area (Å²) in [4.78, 5) is 2.16. The lowest BCUT2D eigenvalue weighted by atomic mass is 9.77. The second kappa shape index (κ2) is 6.35. The van der Waals surface area contributed by atoms with Crippen LogP contribution in [0.2, 0.25) is 0 Å². The average molecular weight is 293 g/mol. The van der Waals surface area contributed by atoms with Gasteiger partial charge in [-0.25, -0.2) is 4.39 Å². The van der Waals surface area contributed by atoms with Gasteiger partial charge in [-0.3, -0.25) is 0 Å². The van der Waals surface area contributed by atoms with Crippen LogP contribution in [0.1, 0.15) is 58.6 Å². The van der Waals surface area contributed by atoms with Gasteiger partial charge in [-0.1, -0.05) is 26.8 Å². The smallest absolute Gasteiger partial charge is 0.146 e. The van der Waals surface area contributed by atoms with Crippen LogP contribution in [0.15, 0.2) is 18.2 Å². The van der Waals surface area contributed by atoms with Crippen molar-refractivity contribution < 1.29 is 9.50 Å². The monoisotopic (exact) mass is 293 g/mol. The van der Waals surface area contributed by atoms with E-state index in [9.17, 15) is 9.50 Å². The molecule has 3 heteroatoms. The Morgan fingerprint density at radius 3 is 2.52 bits per heavy atom. The fourth-order valence-corrected chi connectivity index (χ4v) is 3.24. The summed E-state index contributed by atoms with van der Waals surface area (Å²) < 4.78 is 14.3. The molecule has 0 saturated carbocycles. The molecule has 1 aromatic rings. The number of rotatable bonds is 2. The van der Waals surface area contributed by atoms with Crippen LogP contribution >= 0.6 is 0 Å². The minimum atomic E-state index is -0.622. The van der Waals surface area contributed by atoms with E-state index in [0.29, 0.717) is 22.6 Å². The predicted molar refractivity (Wildman–Crippen MR) is 86.0 cm³/mol. The summed E-state index contributed by atoms with van der Waals surface area (Å²) in [5.74, 6) is 0.477. The first-order chi connectivity index (χ1) is 9.79. The highest BCUT2D eigenvalue weighted by Crippen LogP contribution is 2.35. The van der Waals surface area contributed by atoms with Gasteiger partial charge in [-0.2, -0.15) is 0 Å². The molecular weight excluding hydrogens is 265 g/mol. The molecule has 118 valence electrons. The van der Waals surface area contributed by atoms with Gasteiger partial charge in [0.25, 0.3) is 0 Å². The van der Waals surface area contributed by atoms with Crippen LogP contribution in [0.25, 0.3) is 0 Å². The molecule has 1 N–H and O–H groups in total. The molecule has 2 nitrogen and oxygen atoms in total. The molecule has 1 heterocycles. The lowest BCUT2D eigenvalue weighted by Crippen LogP contribution is -2.26. The summed E-state index contributed by atoms with van der Waals surface area (Å²) >= 11 is 0. The summed E-state index contributed by atoms with van der Waals surface area (Å²) in [6, 6.07) is 5.11. The Bertz CT molecular complexity index is 479. The maximum atomic E-state index is 14.3. The van der Waals surface area contributed by atoms with E-state index in [1.807, 2.05) is 12.1 Å². The lowest BCUT2D eigenvalue weighted by molar-refractivity contribution is 0.199. The van der Waals surface area contributed by atoms with Crippen molar-refractivity contribution in [2.75, 3.05) is 18.0 Å². The van der Waals surface area contributed by atoms with Gasteiger partial charge in [0.15, 0.2) is 0 Å². The summed E-state index contributed by atoms with van der Waals surface area (Å²) in [6.07, 6.45) is 2.82. The van der Waals surface area contributed by atoms with Crippen molar-refractivity contribution >= 4 is 5.69 Å². The second-order valence-corrected chi connectivity index (χ2v) is 7.37. The third kappa shape index (κ3) is 3.97. The van der Waals surface area contributed by atoms with E-state index in [0.717, 1.165) is 25.9 Å². The van der Waals surface area contributed by atoms with E-state index in [1.54, 1.807) is 6.92 Å². The summed E-state index contributed by atoms with van der Waals surface area (Å²) in [7, 11) is 0. The topological polar surface area (TPSA) is 23.5 Å². The Balaban J connectivity index is 2.12. The minimum Gasteiger partial charge on any atom is -0.389 e. The largest absolute Gasteiger partial charge is 0.389 e. The van der Waals surface area contributed by atoms with Gasteiger partial charge in [0.1, 0.15) is 5.82 Å². The second-order valence-electron chi connectivity index (χ2n) is 7.37. The number of aliphatic hydroxyl groups excluding tert-OH is 1. The summed E-state index contributed by atoms with van der Waals surface area (Å²) in [6.45, 7) is 10.4. The molecule has 0 spiro atoms. The quantitative estimate of drug-likeness (QED) is 0.866. The number of benzene rings is 1. The van der Waals surface area contributed by atoms with Gasteiger partial charge in [0.2, 0.25) is 0 Å². The number of anilines is 1. The van der Waals surface area contributed by atoms with E-state index in [4.69, 9.17) is 0 Å². The Labute approximate surface area is 128 Å². The maximum Gasteiger partial charge on any atom is 0.146 e. The zero-order chi connectivity index (χ0) is 15.6. The Hall–Kier alpha value is -1.09. The SMILES string of the molecule is C[C@@H](O)c1ccc(N2CCCC(C(C)(C)C)CC2)c(F)c1. The van der Waals surface area contributed by atoms with E-state index in [1.165, 1.54) is 12.5 Å². The molecule has 1 fully saturated rings. The van der Waals surface area contributed by atoms with Gasteiger partial charge >= 0.3 is 0 Å². The van der Waals surface area contributed by atoms with Crippen molar-refractivity contribution in [3.05, 3.63) is 29.6 Å². The molecule has 1 saturated heterocycles. The average Bonchev–Trinajstić information content (AvgIpc) is 2.63. The molecule has 2 atom stereocenters. The Morgan fingerprint density at radius 2 is 1.95 bits per heavy atom. The third-order valence-electron chi connectivity index (χ3n) is 4.75. The Kier molecular flexibility index (Phi) is 4.92. The lowest BCUT2D eigenvalue weighted by Gasteiger charge is -2.30. The highest BCUT2D eigenvalue weighted by molar-refractivity contribution is 5.49. The van der Waals surface area contributed by atoms with Crippen molar-refractivity contribution in [3.63, 3.8) is 0 Å². The van der Waals surface area contributed by atoms with Crippen molar-refractivity contribution in [1.29, 1.82) is 0 Å². The molecule has 1 aliphatic heterocycles. The van der Waals surface area contributed by atoms with E-state index < -0.39 is 6.10 Å². The number of hydrogen-bond acceptors (Lipinski definition) is 2. The van der Waals surface area contributed by atoms with Gasteiger partial charge < -0.3 is 10.0 Å². The molecule has 0 aliphatic carbocycles. The standard InChI is InChI=1S/C18H28FNO/c1-13(21)14-7-8-17(16(19)12-14)20-10-5-6-15(9-11-20)18(2,3)4/h7-8,12-13,15,21H,5-6,9-11H2,1-4H3/t13-,15?/m1/s1. The molecule has 0 aromatic heterocycles. The molecule has 0 amide bonds.